The first-order chi connectivity index (χ1) is 21.3. The van der Waals surface area contributed by atoms with Gasteiger partial charge in [-0.2, -0.15) is 4.31 Å². The summed E-state index contributed by atoms with van der Waals surface area (Å²) in [5.74, 6) is -1.78. The third kappa shape index (κ3) is 9.96. The van der Waals surface area contributed by atoms with Crippen LogP contribution in [0.15, 0.2) is 71.6 Å². The Hall–Kier alpha value is -4.07. The number of halogens is 2. The number of carbonyl (C=O) groups excluding carboxylic acids is 1. The van der Waals surface area contributed by atoms with Crippen molar-refractivity contribution >= 4 is 27.7 Å². The Morgan fingerprint density at radius 2 is 1.73 bits per heavy atom. The Morgan fingerprint density at radius 1 is 1.00 bits per heavy atom. The van der Waals surface area contributed by atoms with Gasteiger partial charge < -0.3 is 26.6 Å². The van der Waals surface area contributed by atoms with Gasteiger partial charge in [0, 0.05) is 25.6 Å². The smallest absolute Gasteiger partial charge is 0.405 e. The summed E-state index contributed by atoms with van der Waals surface area (Å²) in [7, 11) is -4.11. The number of carboxylic acid groups (broad SMARTS) is 1. The molecule has 0 radical (unpaired) electrons. The largest absolute Gasteiger partial charge is 0.465 e. The van der Waals surface area contributed by atoms with Gasteiger partial charge in [-0.05, 0) is 65.8 Å². The standard InChI is InChI=1S/C32H40F2N4O6S/c1-21(2)19-38(45(43,44)26-13-14-28(34)29(35)18-26)25(20-39)11-5-6-15-36-31(40)30(37-32(41)42)17-23-8-3-4-12-27(23)22-9-7-10-24(33)16-22/h3-4,7-10,12-14,16,18,21,25,30,37,39H,5-6,11,15,17,19-20,35H2,1-2H3,(H,36,40)(H,41,42). The number of nitrogens with one attached hydrogen (secondary N) is 2. The zero-order valence-electron chi connectivity index (χ0n) is 25.2. The molecule has 0 fully saturated rings. The number of sulfonamides is 1. The van der Waals surface area contributed by atoms with Crippen LogP contribution >= 0.6 is 0 Å². The predicted octanol–water partition coefficient (Wildman–Crippen LogP) is 4.39. The third-order valence-electron chi connectivity index (χ3n) is 7.19. The molecule has 0 aliphatic heterocycles. The van der Waals surface area contributed by atoms with Crippen LogP contribution in [0.25, 0.3) is 11.1 Å². The second kappa shape index (κ2) is 16.3. The van der Waals surface area contributed by atoms with Crippen molar-refractivity contribution in [1.29, 1.82) is 0 Å². The number of rotatable bonds is 16. The Balaban J connectivity index is 1.64. The number of amides is 2. The number of nitrogens with two attached hydrogens (primary N) is 1. The summed E-state index contributed by atoms with van der Waals surface area (Å²) in [4.78, 5) is 24.4. The van der Waals surface area contributed by atoms with E-state index in [9.17, 15) is 37.0 Å². The van der Waals surface area contributed by atoms with Crippen molar-refractivity contribution in [2.45, 2.75) is 56.5 Å². The second-order valence-corrected chi connectivity index (χ2v) is 13.0. The van der Waals surface area contributed by atoms with Crippen LogP contribution in [0.3, 0.4) is 0 Å². The Labute approximate surface area is 262 Å². The van der Waals surface area contributed by atoms with E-state index < -0.39 is 52.3 Å². The number of unbranched alkanes of at least 4 members (excludes halogenated alkanes) is 1. The average Bonchev–Trinajstić information content (AvgIpc) is 2.98. The Morgan fingerprint density at radius 3 is 2.38 bits per heavy atom. The van der Waals surface area contributed by atoms with E-state index in [0.29, 0.717) is 29.5 Å². The van der Waals surface area contributed by atoms with Crippen LogP contribution in [0, 0.1) is 17.6 Å². The van der Waals surface area contributed by atoms with Gasteiger partial charge in [-0.15, -0.1) is 0 Å². The van der Waals surface area contributed by atoms with Gasteiger partial charge in [0.2, 0.25) is 15.9 Å². The molecule has 0 heterocycles. The molecule has 6 N–H and O–H groups in total. The quantitative estimate of drug-likeness (QED) is 0.114. The van der Waals surface area contributed by atoms with E-state index in [1.54, 1.807) is 36.4 Å². The zero-order chi connectivity index (χ0) is 33.1. The van der Waals surface area contributed by atoms with E-state index >= 15 is 0 Å². The highest BCUT2D eigenvalue weighted by Crippen LogP contribution is 2.26. The summed E-state index contributed by atoms with van der Waals surface area (Å²) in [5.41, 5.74) is 7.21. The molecule has 0 aliphatic carbocycles. The predicted molar refractivity (Wildman–Crippen MR) is 168 cm³/mol. The minimum absolute atomic E-state index is 0.0212. The SMILES string of the molecule is CC(C)CN(C(CO)CCCCNC(=O)C(Cc1ccccc1-c1cccc(F)c1)NC(=O)O)S(=O)(=O)c1ccc(F)c(N)c1. The fraction of sp³-hybridized carbons (Fsp3) is 0.375. The lowest BCUT2D eigenvalue weighted by Gasteiger charge is -2.31. The highest BCUT2D eigenvalue weighted by molar-refractivity contribution is 7.89. The van der Waals surface area contributed by atoms with Gasteiger partial charge in [-0.25, -0.2) is 22.0 Å². The van der Waals surface area contributed by atoms with E-state index in [-0.39, 0.29) is 42.4 Å². The second-order valence-electron chi connectivity index (χ2n) is 11.1. The highest BCUT2D eigenvalue weighted by atomic mass is 32.2. The van der Waals surface area contributed by atoms with Crippen LogP contribution in [-0.4, -0.2) is 66.7 Å². The lowest BCUT2D eigenvalue weighted by atomic mass is 9.94. The molecule has 2 amide bonds. The number of nitrogens with zero attached hydrogens (tertiary/aromatic N) is 1. The molecule has 0 saturated carbocycles. The molecule has 13 heteroatoms. The molecule has 3 aromatic rings. The van der Waals surface area contributed by atoms with Gasteiger partial charge in [0.05, 0.1) is 17.2 Å². The van der Waals surface area contributed by atoms with Gasteiger partial charge in [0.25, 0.3) is 0 Å². The van der Waals surface area contributed by atoms with Crippen molar-refractivity contribution in [2.24, 2.45) is 5.92 Å². The lowest BCUT2D eigenvalue weighted by Crippen LogP contribution is -2.48. The Kier molecular flexibility index (Phi) is 12.8. The first-order valence-corrected chi connectivity index (χ1v) is 16.1. The number of aliphatic hydroxyl groups is 1. The van der Waals surface area contributed by atoms with Gasteiger partial charge in [0.15, 0.2) is 0 Å². The normalized spacial score (nSPS) is 13.0. The van der Waals surface area contributed by atoms with E-state index in [0.717, 1.165) is 18.2 Å². The van der Waals surface area contributed by atoms with Gasteiger partial charge in [-0.1, -0.05) is 56.7 Å². The summed E-state index contributed by atoms with van der Waals surface area (Å²) >= 11 is 0. The van der Waals surface area contributed by atoms with Crippen LogP contribution in [-0.2, 0) is 21.2 Å². The first-order valence-electron chi connectivity index (χ1n) is 14.6. The molecule has 2 unspecified atom stereocenters. The topological polar surface area (TPSA) is 162 Å². The molecule has 2 atom stereocenters. The molecular formula is C32H40F2N4O6S. The fourth-order valence-electron chi connectivity index (χ4n) is 5.00. The number of hydrogen-bond acceptors (Lipinski definition) is 6. The molecule has 10 nitrogen and oxygen atoms in total. The lowest BCUT2D eigenvalue weighted by molar-refractivity contribution is -0.123. The number of aliphatic hydroxyl groups excluding tert-OH is 1. The fourth-order valence-corrected chi connectivity index (χ4v) is 6.85. The summed E-state index contributed by atoms with van der Waals surface area (Å²) in [6.45, 7) is 3.50. The maximum Gasteiger partial charge on any atom is 0.405 e. The summed E-state index contributed by atoms with van der Waals surface area (Å²) in [6.07, 6.45) is -0.236. The van der Waals surface area contributed by atoms with Crippen LogP contribution in [0.4, 0.5) is 19.3 Å². The van der Waals surface area contributed by atoms with Crippen molar-refractivity contribution in [3.63, 3.8) is 0 Å². The monoisotopic (exact) mass is 646 g/mol. The number of benzene rings is 3. The zero-order valence-corrected chi connectivity index (χ0v) is 26.1. The number of nitrogen functional groups attached to an aromatic ring is 1. The van der Waals surface area contributed by atoms with Crippen LogP contribution in [0.2, 0.25) is 0 Å². The van der Waals surface area contributed by atoms with E-state index in [1.807, 2.05) is 13.8 Å². The average molecular weight is 647 g/mol. The van der Waals surface area contributed by atoms with Crippen molar-refractivity contribution in [1.82, 2.24) is 14.9 Å². The number of carbonyl (C=O) groups is 2. The molecule has 45 heavy (non-hydrogen) atoms. The van der Waals surface area contributed by atoms with Crippen molar-refractivity contribution in [3.8, 4) is 11.1 Å². The van der Waals surface area contributed by atoms with E-state index in [2.05, 4.69) is 10.6 Å². The molecule has 3 aromatic carbocycles. The first kappa shape index (κ1) is 35.4. The molecule has 0 saturated heterocycles. The molecule has 3 rings (SSSR count). The van der Waals surface area contributed by atoms with Crippen molar-refractivity contribution in [2.75, 3.05) is 25.4 Å². The summed E-state index contributed by atoms with van der Waals surface area (Å²) in [5, 5.41) is 24.5. The van der Waals surface area contributed by atoms with Crippen LogP contribution < -0.4 is 16.4 Å². The number of hydrogen-bond donors (Lipinski definition) is 5. The Bertz CT molecular complexity index is 1570. The van der Waals surface area contributed by atoms with Gasteiger partial charge >= 0.3 is 6.09 Å². The van der Waals surface area contributed by atoms with Crippen LogP contribution in [0.5, 0.6) is 0 Å². The molecule has 0 aliphatic rings. The highest BCUT2D eigenvalue weighted by Gasteiger charge is 2.32. The maximum absolute atomic E-state index is 13.9. The maximum atomic E-state index is 13.9. The molecule has 0 aromatic heterocycles. The number of anilines is 1. The minimum atomic E-state index is -4.11. The van der Waals surface area contributed by atoms with Crippen molar-refractivity contribution < 1.29 is 37.0 Å². The van der Waals surface area contributed by atoms with Gasteiger partial charge in [0.1, 0.15) is 17.7 Å². The summed E-state index contributed by atoms with van der Waals surface area (Å²) in [6, 6.07) is 14.3. The van der Waals surface area contributed by atoms with Crippen molar-refractivity contribution in [3.05, 3.63) is 83.9 Å². The molecular weight excluding hydrogens is 606 g/mol. The van der Waals surface area contributed by atoms with Gasteiger partial charge in [-0.3, -0.25) is 4.79 Å². The molecule has 0 spiro atoms. The third-order valence-corrected chi connectivity index (χ3v) is 9.11. The molecule has 0 bridgehead atoms. The summed E-state index contributed by atoms with van der Waals surface area (Å²) < 4.78 is 55.7. The van der Waals surface area contributed by atoms with Crippen LogP contribution in [0.1, 0.15) is 38.7 Å². The van der Waals surface area contributed by atoms with E-state index in [4.69, 9.17) is 5.73 Å². The van der Waals surface area contributed by atoms with E-state index in [1.165, 1.54) is 16.4 Å². The minimum Gasteiger partial charge on any atom is -0.465 e. The molecule has 244 valence electrons.